The van der Waals surface area contributed by atoms with Crippen molar-refractivity contribution < 1.29 is 14.3 Å². The van der Waals surface area contributed by atoms with Crippen molar-refractivity contribution >= 4 is 11.8 Å². The van der Waals surface area contributed by atoms with Gasteiger partial charge in [0.05, 0.1) is 13.0 Å². The topological polar surface area (TPSA) is 93.5 Å². The van der Waals surface area contributed by atoms with Gasteiger partial charge in [-0.3, -0.25) is 9.59 Å². The molecule has 22 heavy (non-hydrogen) atoms. The molecule has 0 aromatic heterocycles. The fourth-order valence-electron chi connectivity index (χ4n) is 2.11. The molecule has 0 atom stereocenters. The SMILES string of the molecule is NC(=O)c1ccc(OCCC(=O)NCC2=CCNCC2)cc1. The van der Waals surface area contributed by atoms with Crippen LogP contribution in [-0.4, -0.2) is 38.1 Å². The van der Waals surface area contributed by atoms with Crippen LogP contribution < -0.4 is 21.1 Å². The van der Waals surface area contributed by atoms with E-state index in [1.54, 1.807) is 24.3 Å². The van der Waals surface area contributed by atoms with Crippen molar-refractivity contribution in [3.8, 4) is 5.75 Å². The van der Waals surface area contributed by atoms with E-state index in [1.165, 1.54) is 5.57 Å². The Kier molecular flexibility index (Phi) is 5.97. The normalized spacial score (nSPS) is 14.1. The number of primary amides is 1. The van der Waals surface area contributed by atoms with Gasteiger partial charge in [0.15, 0.2) is 0 Å². The van der Waals surface area contributed by atoms with Crippen LogP contribution in [0.1, 0.15) is 23.2 Å². The fourth-order valence-corrected chi connectivity index (χ4v) is 2.11. The van der Waals surface area contributed by atoms with E-state index in [9.17, 15) is 9.59 Å². The van der Waals surface area contributed by atoms with Gasteiger partial charge in [0, 0.05) is 18.7 Å². The lowest BCUT2D eigenvalue weighted by molar-refractivity contribution is -0.121. The molecule has 0 bridgehead atoms. The van der Waals surface area contributed by atoms with Gasteiger partial charge in [-0.2, -0.15) is 0 Å². The van der Waals surface area contributed by atoms with E-state index < -0.39 is 5.91 Å². The lowest BCUT2D eigenvalue weighted by Crippen LogP contribution is -2.30. The molecular formula is C16H21N3O3. The van der Waals surface area contributed by atoms with Crippen molar-refractivity contribution in [1.82, 2.24) is 10.6 Å². The lowest BCUT2D eigenvalue weighted by atomic mass is 10.1. The summed E-state index contributed by atoms with van der Waals surface area (Å²) in [6, 6.07) is 6.53. The number of benzene rings is 1. The Labute approximate surface area is 129 Å². The standard InChI is InChI=1S/C16H21N3O3/c17-16(21)13-1-3-14(4-2-13)22-10-7-15(20)19-11-12-5-8-18-9-6-12/h1-5,18H,6-11H2,(H2,17,21)(H,19,20). The molecule has 0 aliphatic carbocycles. The van der Waals surface area contributed by atoms with Crippen molar-refractivity contribution in [2.75, 3.05) is 26.2 Å². The largest absolute Gasteiger partial charge is 0.493 e. The molecule has 1 heterocycles. The molecule has 1 aliphatic rings. The van der Waals surface area contributed by atoms with E-state index in [1.807, 2.05) is 0 Å². The van der Waals surface area contributed by atoms with Gasteiger partial charge in [-0.05, 0) is 37.2 Å². The maximum absolute atomic E-state index is 11.7. The first-order valence-corrected chi connectivity index (χ1v) is 7.33. The van der Waals surface area contributed by atoms with Gasteiger partial charge in [-0.1, -0.05) is 11.6 Å². The number of nitrogens with two attached hydrogens (primary N) is 1. The van der Waals surface area contributed by atoms with Crippen molar-refractivity contribution in [3.05, 3.63) is 41.5 Å². The summed E-state index contributed by atoms with van der Waals surface area (Å²) in [6.45, 7) is 2.73. The molecule has 1 aliphatic heterocycles. The average molecular weight is 303 g/mol. The minimum atomic E-state index is -0.474. The molecular weight excluding hydrogens is 282 g/mol. The third-order valence-corrected chi connectivity index (χ3v) is 3.41. The maximum atomic E-state index is 11.7. The van der Waals surface area contributed by atoms with Crippen LogP contribution in [0, 0.1) is 0 Å². The molecule has 118 valence electrons. The minimum absolute atomic E-state index is 0.0341. The Morgan fingerprint density at radius 2 is 2.05 bits per heavy atom. The number of hydrogen-bond donors (Lipinski definition) is 3. The first kappa shape index (κ1) is 16.0. The second-order valence-electron chi connectivity index (χ2n) is 5.08. The van der Waals surface area contributed by atoms with E-state index >= 15 is 0 Å². The van der Waals surface area contributed by atoms with Crippen LogP contribution in [-0.2, 0) is 4.79 Å². The highest BCUT2D eigenvalue weighted by molar-refractivity contribution is 5.92. The summed E-state index contributed by atoms with van der Waals surface area (Å²) >= 11 is 0. The van der Waals surface area contributed by atoms with Crippen molar-refractivity contribution in [3.63, 3.8) is 0 Å². The Bertz CT molecular complexity index is 552. The molecule has 2 rings (SSSR count). The van der Waals surface area contributed by atoms with Crippen LogP contribution in [0.4, 0.5) is 0 Å². The number of nitrogens with one attached hydrogen (secondary N) is 2. The highest BCUT2D eigenvalue weighted by Gasteiger charge is 2.06. The van der Waals surface area contributed by atoms with Crippen LogP contribution in [0.25, 0.3) is 0 Å². The molecule has 0 unspecified atom stereocenters. The van der Waals surface area contributed by atoms with Gasteiger partial charge in [-0.25, -0.2) is 0 Å². The van der Waals surface area contributed by atoms with Crippen molar-refractivity contribution in [2.24, 2.45) is 5.73 Å². The summed E-state index contributed by atoms with van der Waals surface area (Å²) in [6.07, 6.45) is 3.38. The number of amides is 2. The molecule has 2 amide bonds. The van der Waals surface area contributed by atoms with Crippen LogP contribution in [0.2, 0.25) is 0 Å². The Morgan fingerprint density at radius 3 is 2.68 bits per heavy atom. The summed E-state index contributed by atoms with van der Waals surface area (Å²) in [5, 5.41) is 6.11. The smallest absolute Gasteiger partial charge is 0.248 e. The predicted molar refractivity (Wildman–Crippen MR) is 83.7 cm³/mol. The summed E-state index contributed by atoms with van der Waals surface area (Å²) in [4.78, 5) is 22.7. The average Bonchev–Trinajstić information content (AvgIpc) is 2.54. The van der Waals surface area contributed by atoms with E-state index in [-0.39, 0.29) is 5.91 Å². The third kappa shape index (κ3) is 5.21. The highest BCUT2D eigenvalue weighted by atomic mass is 16.5. The van der Waals surface area contributed by atoms with Gasteiger partial charge in [-0.15, -0.1) is 0 Å². The van der Waals surface area contributed by atoms with Crippen LogP contribution in [0.5, 0.6) is 5.75 Å². The molecule has 0 spiro atoms. The van der Waals surface area contributed by atoms with Crippen molar-refractivity contribution in [2.45, 2.75) is 12.8 Å². The first-order chi connectivity index (χ1) is 10.6. The van der Waals surface area contributed by atoms with Gasteiger partial charge in [0.1, 0.15) is 5.75 Å². The Balaban J connectivity index is 1.66. The molecule has 0 saturated heterocycles. The summed E-state index contributed by atoms with van der Waals surface area (Å²) in [7, 11) is 0. The zero-order valence-electron chi connectivity index (χ0n) is 12.4. The van der Waals surface area contributed by atoms with E-state index in [0.717, 1.165) is 19.5 Å². The van der Waals surface area contributed by atoms with Crippen LogP contribution >= 0.6 is 0 Å². The van der Waals surface area contributed by atoms with Crippen LogP contribution in [0.15, 0.2) is 35.9 Å². The third-order valence-electron chi connectivity index (χ3n) is 3.41. The van der Waals surface area contributed by atoms with E-state index in [2.05, 4.69) is 16.7 Å². The fraction of sp³-hybridized carbons (Fsp3) is 0.375. The van der Waals surface area contributed by atoms with E-state index in [0.29, 0.717) is 30.9 Å². The molecule has 0 radical (unpaired) electrons. The highest BCUT2D eigenvalue weighted by Crippen LogP contribution is 2.12. The summed E-state index contributed by atoms with van der Waals surface area (Å²) < 4.78 is 5.47. The van der Waals surface area contributed by atoms with E-state index in [4.69, 9.17) is 10.5 Å². The monoisotopic (exact) mass is 303 g/mol. The van der Waals surface area contributed by atoms with Gasteiger partial charge in [0.2, 0.25) is 11.8 Å². The molecule has 1 aromatic carbocycles. The predicted octanol–water partition coefficient (Wildman–Crippen LogP) is 0.590. The van der Waals surface area contributed by atoms with Gasteiger partial charge >= 0.3 is 0 Å². The molecule has 1 aromatic rings. The zero-order chi connectivity index (χ0) is 15.8. The first-order valence-electron chi connectivity index (χ1n) is 7.33. The second-order valence-corrected chi connectivity index (χ2v) is 5.08. The number of rotatable bonds is 7. The second kappa shape index (κ2) is 8.19. The van der Waals surface area contributed by atoms with Gasteiger partial charge < -0.3 is 21.1 Å². The van der Waals surface area contributed by atoms with Gasteiger partial charge in [0.25, 0.3) is 0 Å². The Morgan fingerprint density at radius 1 is 1.27 bits per heavy atom. The lowest BCUT2D eigenvalue weighted by Gasteiger charge is -2.14. The number of carbonyl (C=O) groups is 2. The van der Waals surface area contributed by atoms with Crippen molar-refractivity contribution in [1.29, 1.82) is 0 Å². The number of ether oxygens (including phenoxy) is 1. The maximum Gasteiger partial charge on any atom is 0.248 e. The summed E-state index contributed by atoms with van der Waals surface area (Å²) in [5.74, 6) is 0.102. The zero-order valence-corrected chi connectivity index (χ0v) is 12.4. The molecule has 6 heteroatoms. The molecule has 4 N–H and O–H groups in total. The Hall–Kier alpha value is -2.34. The van der Waals surface area contributed by atoms with Crippen LogP contribution in [0.3, 0.4) is 0 Å². The number of hydrogen-bond acceptors (Lipinski definition) is 4. The summed E-state index contributed by atoms with van der Waals surface area (Å²) in [5.41, 5.74) is 6.85. The molecule has 0 saturated carbocycles. The quantitative estimate of drug-likeness (QED) is 0.643. The molecule has 0 fully saturated rings. The minimum Gasteiger partial charge on any atom is -0.493 e. The molecule has 6 nitrogen and oxygen atoms in total. The number of carbonyl (C=O) groups excluding carboxylic acids is 2.